The number of carbonyl (C=O) groups is 1. The molecule has 1 aromatic carbocycles. The smallest absolute Gasteiger partial charge is 0.315 e. The molecule has 1 heterocycles. The first kappa shape index (κ1) is 16.5. The van der Waals surface area contributed by atoms with E-state index in [0.29, 0.717) is 5.69 Å². The zero-order chi connectivity index (χ0) is 17.4. The molecule has 0 unspecified atom stereocenters. The lowest BCUT2D eigenvalue weighted by molar-refractivity contribution is -0.384. The Morgan fingerprint density at radius 1 is 1.26 bits per heavy atom. The minimum atomic E-state index is -5.01. The zero-order valence-electron chi connectivity index (χ0n) is 12.0. The number of rotatable bonds is 3. The first-order valence-corrected chi connectivity index (χ1v) is 6.30. The number of aryl methyl sites for hydroxylation is 1. The molecule has 23 heavy (non-hydrogen) atoms. The Kier molecular flexibility index (Phi) is 4.08. The SMILES string of the molecule is Cc1nn(-c2ccc([N+](=O)[O-])cc2)c(C)c1NC(=O)C(F)(F)F. The summed E-state index contributed by atoms with van der Waals surface area (Å²) in [5.74, 6) is -2.09. The summed E-state index contributed by atoms with van der Waals surface area (Å²) in [6, 6.07) is 5.32. The highest BCUT2D eigenvalue weighted by molar-refractivity contribution is 5.95. The molecule has 0 fully saturated rings. The van der Waals surface area contributed by atoms with Gasteiger partial charge in [0.15, 0.2) is 0 Å². The van der Waals surface area contributed by atoms with Gasteiger partial charge < -0.3 is 5.32 Å². The van der Waals surface area contributed by atoms with Gasteiger partial charge in [0.2, 0.25) is 0 Å². The molecule has 7 nitrogen and oxygen atoms in total. The maximum atomic E-state index is 12.3. The maximum absolute atomic E-state index is 12.3. The number of nitro groups is 1. The molecule has 10 heteroatoms. The molecule has 0 saturated heterocycles. The van der Waals surface area contributed by atoms with Crippen LogP contribution < -0.4 is 5.32 Å². The van der Waals surface area contributed by atoms with Gasteiger partial charge in [-0.2, -0.15) is 18.3 Å². The van der Waals surface area contributed by atoms with Crippen LogP contribution in [0.1, 0.15) is 11.4 Å². The number of hydrogen-bond acceptors (Lipinski definition) is 4. The molecule has 2 aromatic rings. The number of nitrogens with zero attached hydrogens (tertiary/aromatic N) is 3. The van der Waals surface area contributed by atoms with Crippen molar-refractivity contribution in [3.8, 4) is 5.69 Å². The average Bonchev–Trinajstić information content (AvgIpc) is 2.74. The van der Waals surface area contributed by atoms with Crippen molar-refractivity contribution in [3.63, 3.8) is 0 Å². The molecule has 0 spiro atoms. The first-order valence-electron chi connectivity index (χ1n) is 6.30. The lowest BCUT2D eigenvalue weighted by atomic mass is 10.2. The third kappa shape index (κ3) is 3.30. The van der Waals surface area contributed by atoms with Gasteiger partial charge in [-0.15, -0.1) is 0 Å². The lowest BCUT2D eigenvalue weighted by Gasteiger charge is -2.08. The predicted octanol–water partition coefficient (Wildman–Crippen LogP) is 2.90. The van der Waals surface area contributed by atoms with Crippen LogP contribution in [0, 0.1) is 24.0 Å². The molecule has 0 atom stereocenters. The molecule has 0 aliphatic rings. The second-order valence-electron chi connectivity index (χ2n) is 4.68. The van der Waals surface area contributed by atoms with Crippen LogP contribution in [-0.2, 0) is 4.79 Å². The van der Waals surface area contributed by atoms with Gasteiger partial charge in [0, 0.05) is 12.1 Å². The number of amides is 1. The Morgan fingerprint density at radius 2 is 1.83 bits per heavy atom. The molecular weight excluding hydrogens is 317 g/mol. The van der Waals surface area contributed by atoms with Gasteiger partial charge in [-0.05, 0) is 26.0 Å². The highest BCUT2D eigenvalue weighted by Crippen LogP contribution is 2.26. The quantitative estimate of drug-likeness (QED) is 0.693. The van der Waals surface area contributed by atoms with E-state index in [1.54, 1.807) is 5.32 Å². The van der Waals surface area contributed by atoms with E-state index in [9.17, 15) is 28.1 Å². The number of nitro benzene ring substituents is 1. The monoisotopic (exact) mass is 328 g/mol. The second kappa shape index (κ2) is 5.71. The largest absolute Gasteiger partial charge is 0.471 e. The number of nitrogens with one attached hydrogen (secondary N) is 1. The van der Waals surface area contributed by atoms with Crippen molar-refractivity contribution in [2.45, 2.75) is 20.0 Å². The van der Waals surface area contributed by atoms with Gasteiger partial charge in [-0.3, -0.25) is 14.9 Å². The number of alkyl halides is 3. The van der Waals surface area contributed by atoms with Crippen molar-refractivity contribution >= 4 is 17.3 Å². The summed E-state index contributed by atoms with van der Waals surface area (Å²) in [6.07, 6.45) is -5.01. The van der Waals surface area contributed by atoms with E-state index in [0.717, 1.165) is 0 Å². The van der Waals surface area contributed by atoms with Crippen molar-refractivity contribution in [3.05, 3.63) is 45.8 Å². The number of hydrogen-bond donors (Lipinski definition) is 1. The lowest BCUT2D eigenvalue weighted by Crippen LogP contribution is -2.30. The van der Waals surface area contributed by atoms with Crippen LogP contribution in [0.25, 0.3) is 5.69 Å². The van der Waals surface area contributed by atoms with Crippen LogP contribution in [0.15, 0.2) is 24.3 Å². The topological polar surface area (TPSA) is 90.1 Å². The van der Waals surface area contributed by atoms with Crippen LogP contribution in [0.5, 0.6) is 0 Å². The van der Waals surface area contributed by atoms with Crippen molar-refractivity contribution in [2.75, 3.05) is 5.32 Å². The first-order chi connectivity index (χ1) is 10.6. The van der Waals surface area contributed by atoms with Gasteiger partial charge in [0.1, 0.15) is 0 Å². The maximum Gasteiger partial charge on any atom is 0.471 e. The highest BCUT2D eigenvalue weighted by atomic mass is 19.4. The van der Waals surface area contributed by atoms with Crippen molar-refractivity contribution in [1.29, 1.82) is 0 Å². The van der Waals surface area contributed by atoms with E-state index >= 15 is 0 Å². The molecule has 0 bridgehead atoms. The minimum absolute atomic E-state index is 0.0503. The Bertz CT molecular complexity index is 766. The minimum Gasteiger partial charge on any atom is -0.315 e. The van der Waals surface area contributed by atoms with Gasteiger partial charge in [0.05, 0.1) is 27.7 Å². The Morgan fingerprint density at radius 3 is 2.30 bits per heavy atom. The van der Waals surface area contributed by atoms with Crippen LogP contribution in [0.2, 0.25) is 0 Å². The fraction of sp³-hybridized carbons (Fsp3) is 0.231. The van der Waals surface area contributed by atoms with Crippen LogP contribution in [-0.4, -0.2) is 26.8 Å². The van der Waals surface area contributed by atoms with Gasteiger partial charge >= 0.3 is 12.1 Å². The second-order valence-corrected chi connectivity index (χ2v) is 4.68. The number of carbonyl (C=O) groups excluding carboxylic acids is 1. The molecular formula is C13H11F3N4O3. The van der Waals surface area contributed by atoms with Crippen LogP contribution in [0.3, 0.4) is 0 Å². The Hall–Kier alpha value is -2.91. The van der Waals surface area contributed by atoms with Crippen LogP contribution >= 0.6 is 0 Å². The van der Waals surface area contributed by atoms with E-state index in [-0.39, 0.29) is 22.8 Å². The summed E-state index contributed by atoms with van der Waals surface area (Å²) < 4.78 is 38.3. The van der Waals surface area contributed by atoms with Crippen LogP contribution in [0.4, 0.5) is 24.5 Å². The standard InChI is InChI=1S/C13H11F3N4O3/c1-7-11(17-12(21)13(14,15)16)8(2)19(18-7)9-3-5-10(6-4-9)20(22)23/h3-6H,1-2H3,(H,17,21). The third-order valence-corrected chi connectivity index (χ3v) is 3.09. The molecule has 2 rings (SSSR count). The van der Waals surface area contributed by atoms with Gasteiger partial charge in [-0.1, -0.05) is 0 Å². The molecule has 1 amide bonds. The Balaban J connectivity index is 2.37. The molecule has 1 N–H and O–H groups in total. The van der Waals surface area contributed by atoms with Crippen molar-refractivity contribution in [1.82, 2.24) is 9.78 Å². The number of halogens is 3. The van der Waals surface area contributed by atoms with E-state index in [2.05, 4.69) is 5.10 Å². The van der Waals surface area contributed by atoms with E-state index in [1.807, 2.05) is 0 Å². The molecule has 1 aromatic heterocycles. The molecule has 0 saturated carbocycles. The fourth-order valence-electron chi connectivity index (χ4n) is 1.97. The van der Waals surface area contributed by atoms with E-state index in [4.69, 9.17) is 0 Å². The van der Waals surface area contributed by atoms with Gasteiger partial charge in [0.25, 0.3) is 5.69 Å². The zero-order valence-corrected chi connectivity index (χ0v) is 12.0. The van der Waals surface area contributed by atoms with Crippen molar-refractivity contribution < 1.29 is 22.9 Å². The molecule has 0 aliphatic carbocycles. The highest BCUT2D eigenvalue weighted by Gasteiger charge is 2.39. The van der Waals surface area contributed by atoms with Crippen molar-refractivity contribution in [2.24, 2.45) is 0 Å². The molecule has 0 radical (unpaired) electrons. The number of benzene rings is 1. The van der Waals surface area contributed by atoms with E-state index in [1.165, 1.54) is 42.8 Å². The van der Waals surface area contributed by atoms with E-state index < -0.39 is 17.0 Å². The number of anilines is 1. The summed E-state index contributed by atoms with van der Waals surface area (Å²) in [7, 11) is 0. The summed E-state index contributed by atoms with van der Waals surface area (Å²) in [5, 5.41) is 16.5. The molecule has 122 valence electrons. The summed E-state index contributed by atoms with van der Waals surface area (Å²) in [6.45, 7) is 2.92. The predicted molar refractivity (Wildman–Crippen MR) is 74.4 cm³/mol. The molecule has 0 aliphatic heterocycles. The average molecular weight is 328 g/mol. The number of non-ortho nitro benzene ring substituents is 1. The number of aromatic nitrogens is 2. The fourth-order valence-corrected chi connectivity index (χ4v) is 1.97. The van der Waals surface area contributed by atoms with Gasteiger partial charge in [-0.25, -0.2) is 4.68 Å². The summed E-state index contributed by atoms with van der Waals surface area (Å²) in [5.41, 5.74) is 0.711. The summed E-state index contributed by atoms with van der Waals surface area (Å²) in [4.78, 5) is 21.1. The third-order valence-electron chi connectivity index (χ3n) is 3.09. The normalized spacial score (nSPS) is 11.3. The summed E-state index contributed by atoms with van der Waals surface area (Å²) >= 11 is 0. The Labute approximate surface area is 127 Å².